The maximum absolute atomic E-state index is 11.6. The van der Waals surface area contributed by atoms with Gasteiger partial charge in [-0.05, 0) is 48.9 Å². The van der Waals surface area contributed by atoms with Crippen LogP contribution in [0, 0.1) is 0 Å². The highest BCUT2D eigenvalue weighted by molar-refractivity contribution is 7.89. The highest BCUT2D eigenvalue weighted by Gasteiger charge is 2.33. The summed E-state index contributed by atoms with van der Waals surface area (Å²) in [5.74, 6) is 0.461. The molecule has 3 aromatic rings. The van der Waals surface area contributed by atoms with E-state index in [2.05, 4.69) is 20.6 Å². The first-order valence-electron chi connectivity index (χ1n) is 10.1. The molecule has 0 saturated carbocycles. The van der Waals surface area contributed by atoms with Crippen molar-refractivity contribution < 1.29 is 8.42 Å². The number of nitrogens with zero attached hydrogens (tertiary/aromatic N) is 4. The van der Waals surface area contributed by atoms with E-state index in [0.717, 1.165) is 22.7 Å². The van der Waals surface area contributed by atoms with Gasteiger partial charge in [0.1, 0.15) is 5.82 Å². The van der Waals surface area contributed by atoms with Crippen molar-refractivity contribution in [1.82, 2.24) is 9.97 Å². The molecule has 2 heterocycles. The molecule has 32 heavy (non-hydrogen) atoms. The average molecular weight is 454 g/mol. The zero-order valence-corrected chi connectivity index (χ0v) is 19.3. The van der Waals surface area contributed by atoms with Gasteiger partial charge in [-0.2, -0.15) is 4.98 Å². The van der Waals surface area contributed by atoms with E-state index in [0.29, 0.717) is 17.3 Å². The molecule has 1 aliphatic rings. The Morgan fingerprint density at radius 2 is 2.00 bits per heavy atom. The van der Waals surface area contributed by atoms with E-state index < -0.39 is 15.6 Å². The lowest BCUT2D eigenvalue weighted by molar-refractivity contribution is 0.548. The van der Waals surface area contributed by atoms with Crippen LogP contribution in [0.1, 0.15) is 12.5 Å². The summed E-state index contributed by atoms with van der Waals surface area (Å²) in [5, 5.41) is 6.48. The van der Waals surface area contributed by atoms with Crippen molar-refractivity contribution in [3.63, 3.8) is 0 Å². The van der Waals surface area contributed by atoms with E-state index in [1.165, 1.54) is 6.26 Å². The highest BCUT2D eigenvalue weighted by atomic mass is 32.2. The van der Waals surface area contributed by atoms with Crippen LogP contribution >= 0.6 is 0 Å². The lowest BCUT2D eigenvalue weighted by Gasteiger charge is -2.29. The average Bonchev–Trinajstić information content (AvgIpc) is 2.94. The van der Waals surface area contributed by atoms with Gasteiger partial charge in [0.25, 0.3) is 0 Å². The molecule has 0 spiro atoms. The molecular weight excluding hydrogens is 426 g/mol. The van der Waals surface area contributed by atoms with Crippen LogP contribution in [-0.4, -0.2) is 44.5 Å². The summed E-state index contributed by atoms with van der Waals surface area (Å²) in [6, 6.07) is 15.1. The number of hydrogen-bond donors (Lipinski definition) is 3. The zero-order valence-electron chi connectivity index (χ0n) is 18.5. The summed E-state index contributed by atoms with van der Waals surface area (Å²) in [4.78, 5) is 12.9. The van der Waals surface area contributed by atoms with Crippen molar-refractivity contribution in [2.24, 2.45) is 5.73 Å². The first kappa shape index (κ1) is 21.8. The largest absolute Gasteiger partial charge is 0.349 e. The Balaban J connectivity index is 1.55. The minimum Gasteiger partial charge on any atom is -0.349 e. The number of fused-ring (bicyclic) bond motifs is 1. The Bertz CT molecular complexity index is 1260. The fraction of sp³-hybridized carbons (Fsp3) is 0.273. The van der Waals surface area contributed by atoms with Gasteiger partial charge in [-0.25, -0.2) is 13.4 Å². The molecule has 0 saturated heterocycles. The van der Waals surface area contributed by atoms with E-state index in [-0.39, 0.29) is 5.75 Å². The van der Waals surface area contributed by atoms with Crippen molar-refractivity contribution in [3.05, 3.63) is 60.3 Å². The van der Waals surface area contributed by atoms with Gasteiger partial charge in [0.15, 0.2) is 15.6 Å². The van der Waals surface area contributed by atoms with Crippen LogP contribution in [0.4, 0.5) is 34.5 Å². The van der Waals surface area contributed by atoms with Crippen molar-refractivity contribution in [2.75, 3.05) is 40.8 Å². The van der Waals surface area contributed by atoms with E-state index >= 15 is 0 Å². The summed E-state index contributed by atoms with van der Waals surface area (Å²) in [7, 11) is 0.773. The predicted octanol–water partition coefficient (Wildman–Crippen LogP) is 3.03. The van der Waals surface area contributed by atoms with Crippen molar-refractivity contribution in [3.8, 4) is 0 Å². The normalized spacial score (nSPS) is 17.6. The van der Waals surface area contributed by atoms with Gasteiger partial charge in [0.05, 0.1) is 17.1 Å². The molecule has 0 fully saturated rings. The number of nitrogens with one attached hydrogen (secondary N) is 2. The number of hydrogen-bond acceptors (Lipinski definition) is 9. The van der Waals surface area contributed by atoms with Crippen molar-refractivity contribution in [2.45, 2.75) is 18.5 Å². The zero-order chi connectivity index (χ0) is 23.1. The monoisotopic (exact) mass is 453 g/mol. The molecular formula is C22H27N7O2S. The van der Waals surface area contributed by atoms with Crippen molar-refractivity contribution in [1.29, 1.82) is 0 Å². The number of benzene rings is 2. The molecule has 4 rings (SSSR count). The van der Waals surface area contributed by atoms with Crippen molar-refractivity contribution >= 4 is 44.4 Å². The smallest absolute Gasteiger partial charge is 0.229 e. The summed E-state index contributed by atoms with van der Waals surface area (Å²) in [6.07, 6.45) is 2.90. The summed E-state index contributed by atoms with van der Waals surface area (Å²) < 4.78 is 23.2. The fourth-order valence-corrected chi connectivity index (χ4v) is 4.42. The maximum Gasteiger partial charge on any atom is 0.229 e. The second-order valence-electron chi connectivity index (χ2n) is 8.23. The standard InChI is InChI=1S/C22H27N7O2S/c1-22(23)27-18-13-17(8-9-19(18)29(22)3)28(2)20-10-11-24-21(26-20)25-16-7-5-6-15(12-16)14-32(4,30)31/h5-13,27H,14,23H2,1-4H3,(H,24,25,26). The van der Waals surface area contributed by atoms with Crippen LogP contribution in [0.5, 0.6) is 0 Å². The van der Waals surface area contributed by atoms with Gasteiger partial charge in [0.2, 0.25) is 5.95 Å². The Morgan fingerprint density at radius 3 is 2.75 bits per heavy atom. The summed E-state index contributed by atoms with van der Waals surface area (Å²) in [5.41, 5.74) is 10.6. The lowest BCUT2D eigenvalue weighted by atomic mass is 10.2. The molecule has 0 bridgehead atoms. The number of aromatic nitrogens is 2. The van der Waals surface area contributed by atoms with Crippen LogP contribution in [-0.2, 0) is 15.6 Å². The van der Waals surface area contributed by atoms with Gasteiger partial charge in [-0.3, -0.25) is 5.73 Å². The number of rotatable bonds is 6. The minimum atomic E-state index is -3.11. The molecule has 0 amide bonds. The van der Waals surface area contributed by atoms with E-state index in [4.69, 9.17) is 5.73 Å². The van der Waals surface area contributed by atoms with E-state index in [1.807, 2.05) is 61.2 Å². The molecule has 10 heteroatoms. The molecule has 9 nitrogen and oxygen atoms in total. The third kappa shape index (κ3) is 4.61. The third-order valence-corrected chi connectivity index (χ3v) is 6.27. The SMILES string of the molecule is CN(c1ccc2c(c1)NC(C)(N)N2C)c1ccnc(Nc2cccc(CS(C)(=O)=O)c2)n1. The van der Waals surface area contributed by atoms with Gasteiger partial charge in [-0.15, -0.1) is 0 Å². The van der Waals surface area contributed by atoms with Gasteiger partial charge in [0, 0.05) is 37.9 Å². The second-order valence-corrected chi connectivity index (χ2v) is 10.4. The minimum absolute atomic E-state index is 0.0183. The predicted molar refractivity (Wildman–Crippen MR) is 129 cm³/mol. The van der Waals surface area contributed by atoms with E-state index in [1.54, 1.807) is 24.4 Å². The molecule has 1 unspecified atom stereocenters. The Labute approximate surface area is 188 Å². The molecule has 168 valence electrons. The number of anilines is 6. The first-order valence-corrected chi connectivity index (χ1v) is 12.1. The van der Waals surface area contributed by atoms with Gasteiger partial charge < -0.3 is 20.4 Å². The van der Waals surface area contributed by atoms with Gasteiger partial charge in [-0.1, -0.05) is 12.1 Å². The first-order chi connectivity index (χ1) is 15.0. The number of sulfone groups is 1. The lowest BCUT2D eigenvalue weighted by Crippen LogP contribution is -2.54. The van der Waals surface area contributed by atoms with Crippen LogP contribution in [0.25, 0.3) is 0 Å². The molecule has 0 aliphatic carbocycles. The van der Waals surface area contributed by atoms with Crippen LogP contribution < -0.4 is 26.2 Å². The van der Waals surface area contributed by atoms with Gasteiger partial charge >= 0.3 is 0 Å². The van der Waals surface area contributed by atoms with Crippen LogP contribution in [0.2, 0.25) is 0 Å². The van der Waals surface area contributed by atoms with E-state index in [9.17, 15) is 8.42 Å². The fourth-order valence-electron chi connectivity index (χ4n) is 3.63. The molecule has 4 N–H and O–H groups in total. The highest BCUT2D eigenvalue weighted by Crippen LogP contribution is 2.39. The number of nitrogens with two attached hydrogens (primary N) is 1. The van der Waals surface area contributed by atoms with Crippen LogP contribution in [0.15, 0.2) is 54.7 Å². The summed E-state index contributed by atoms with van der Waals surface area (Å²) in [6.45, 7) is 1.92. The molecule has 1 aliphatic heterocycles. The molecule has 1 atom stereocenters. The van der Waals surface area contributed by atoms with Crippen LogP contribution in [0.3, 0.4) is 0 Å². The Morgan fingerprint density at radius 1 is 1.22 bits per heavy atom. The molecule has 0 radical (unpaired) electrons. The molecule has 2 aromatic carbocycles. The quantitative estimate of drug-likeness (QED) is 0.518. The molecule has 1 aromatic heterocycles. The maximum atomic E-state index is 11.6. The third-order valence-electron chi connectivity index (χ3n) is 5.41. The summed E-state index contributed by atoms with van der Waals surface area (Å²) >= 11 is 0. The topological polar surface area (TPSA) is 116 Å². The second kappa shape index (κ2) is 7.95. The Hall–Kier alpha value is -3.37. The Kier molecular flexibility index (Phi) is 5.43.